The zero-order valence-corrected chi connectivity index (χ0v) is 26.5. The summed E-state index contributed by atoms with van der Waals surface area (Å²) in [4.78, 5) is 28.2. The van der Waals surface area contributed by atoms with Crippen LogP contribution in [-0.2, 0) is 16.1 Å². The zero-order chi connectivity index (χ0) is 30.8. The Morgan fingerprint density at radius 1 is 1.26 bits per heavy atom. The van der Waals surface area contributed by atoms with Gasteiger partial charge in [0.25, 0.3) is 0 Å². The molecule has 0 spiro atoms. The van der Waals surface area contributed by atoms with Crippen LogP contribution in [0, 0.1) is 13.5 Å². The summed E-state index contributed by atoms with van der Waals surface area (Å²) in [6, 6.07) is 4.70. The molecule has 2 aromatic heterocycles. The molecule has 0 atom stereocenters. The zero-order valence-electron chi connectivity index (χ0n) is 26.5. The van der Waals surface area contributed by atoms with E-state index in [0.717, 1.165) is 118 Å². The third kappa shape index (κ3) is 7.95. The second-order valence-corrected chi connectivity index (χ2v) is 11.3. The van der Waals surface area contributed by atoms with Crippen LogP contribution in [0.3, 0.4) is 0 Å². The van der Waals surface area contributed by atoms with Gasteiger partial charge >= 0.3 is 0 Å². The number of carbonyl (C=O) groups excluding carboxylic acids is 1. The van der Waals surface area contributed by atoms with Crippen molar-refractivity contribution >= 4 is 23.1 Å². The van der Waals surface area contributed by atoms with E-state index >= 15 is 0 Å². The van der Waals surface area contributed by atoms with Crippen molar-refractivity contribution < 1.29 is 15.7 Å². The average molecular weight is 592 g/mol. The minimum atomic E-state index is 0. The SMILES string of the molecule is CCOCC.[CH]=CCCN(CCC)c1ccnc2c1COc1c(cc(C3CCN(C4CN(C(=O)C=C)C4)CC3)nc1C)N2.[HH]. The molecular formula is C34H51N6O3. The molecule has 0 aromatic carbocycles. The number of anilines is 3. The minimum Gasteiger partial charge on any atom is -0.485 e. The second kappa shape index (κ2) is 15.9. The topological polar surface area (TPSA) is 83.1 Å². The summed E-state index contributed by atoms with van der Waals surface area (Å²) in [5, 5.41) is 3.59. The Morgan fingerprint density at radius 2 is 2.00 bits per heavy atom. The molecule has 0 aliphatic carbocycles. The molecule has 9 nitrogen and oxygen atoms in total. The van der Waals surface area contributed by atoms with Crippen LogP contribution in [0.1, 0.15) is 70.8 Å². The van der Waals surface area contributed by atoms with Crippen molar-refractivity contribution in [1.29, 1.82) is 0 Å². The van der Waals surface area contributed by atoms with Gasteiger partial charge in [-0.05, 0) is 77.8 Å². The Hall–Kier alpha value is -3.43. The van der Waals surface area contributed by atoms with Gasteiger partial charge in [0.15, 0.2) is 5.75 Å². The first-order valence-corrected chi connectivity index (χ1v) is 15.8. The molecule has 5 rings (SSSR count). The number of rotatable bonds is 11. The number of piperidine rings is 1. The monoisotopic (exact) mass is 591 g/mol. The van der Waals surface area contributed by atoms with E-state index in [9.17, 15) is 4.79 Å². The van der Waals surface area contributed by atoms with Crippen molar-refractivity contribution in [3.05, 3.63) is 60.6 Å². The largest absolute Gasteiger partial charge is 0.485 e. The van der Waals surface area contributed by atoms with Crippen molar-refractivity contribution in [1.82, 2.24) is 19.8 Å². The third-order valence-electron chi connectivity index (χ3n) is 8.43. The van der Waals surface area contributed by atoms with Crippen LogP contribution in [0.5, 0.6) is 5.75 Å². The lowest BCUT2D eigenvalue weighted by molar-refractivity contribution is -0.133. The van der Waals surface area contributed by atoms with Gasteiger partial charge in [-0.1, -0.05) is 26.2 Å². The van der Waals surface area contributed by atoms with Crippen molar-refractivity contribution in [2.75, 3.05) is 62.7 Å². The molecule has 43 heavy (non-hydrogen) atoms. The molecule has 2 aromatic rings. The molecule has 9 heteroatoms. The Morgan fingerprint density at radius 3 is 2.63 bits per heavy atom. The van der Waals surface area contributed by atoms with E-state index in [-0.39, 0.29) is 7.33 Å². The van der Waals surface area contributed by atoms with Crippen LogP contribution in [-0.4, -0.2) is 84.2 Å². The smallest absolute Gasteiger partial charge is 0.246 e. The number of hydrogen-bond acceptors (Lipinski definition) is 8. The summed E-state index contributed by atoms with van der Waals surface area (Å²) in [7, 11) is 0. The maximum Gasteiger partial charge on any atom is 0.246 e. The molecule has 0 bridgehead atoms. The van der Waals surface area contributed by atoms with Crippen LogP contribution in [0.15, 0.2) is 37.1 Å². The highest BCUT2D eigenvalue weighted by molar-refractivity contribution is 5.87. The van der Waals surface area contributed by atoms with E-state index in [0.29, 0.717) is 18.6 Å². The Bertz CT molecular complexity index is 1240. The van der Waals surface area contributed by atoms with Gasteiger partial charge in [-0.25, -0.2) is 4.98 Å². The van der Waals surface area contributed by atoms with Gasteiger partial charge in [-0.3, -0.25) is 14.7 Å². The number of carbonyl (C=O) groups is 1. The highest BCUT2D eigenvalue weighted by atomic mass is 16.5. The molecule has 1 N–H and O–H groups in total. The van der Waals surface area contributed by atoms with E-state index < -0.39 is 0 Å². The number of aromatic nitrogens is 2. The van der Waals surface area contributed by atoms with Crippen molar-refractivity contribution in [2.24, 2.45) is 0 Å². The summed E-state index contributed by atoms with van der Waals surface area (Å²) in [5.74, 6) is 2.08. The lowest BCUT2D eigenvalue weighted by Gasteiger charge is -2.47. The Labute approximate surface area is 259 Å². The average Bonchev–Trinajstić information content (AvgIpc) is 3.19. The normalized spacial score (nSPS) is 16.7. The lowest BCUT2D eigenvalue weighted by atomic mass is 9.90. The molecule has 2 fully saturated rings. The predicted molar refractivity (Wildman–Crippen MR) is 175 cm³/mol. The number of amides is 1. The molecule has 0 saturated carbocycles. The summed E-state index contributed by atoms with van der Waals surface area (Å²) >= 11 is 0. The van der Waals surface area contributed by atoms with Gasteiger partial charge in [0.1, 0.15) is 12.4 Å². The van der Waals surface area contributed by atoms with Crippen molar-refractivity contribution in [2.45, 2.75) is 71.9 Å². The first-order valence-electron chi connectivity index (χ1n) is 15.8. The summed E-state index contributed by atoms with van der Waals surface area (Å²) in [5.41, 5.74) is 5.16. The molecule has 2 saturated heterocycles. The fourth-order valence-corrected chi connectivity index (χ4v) is 6.08. The molecular weight excluding hydrogens is 540 g/mol. The first kappa shape index (κ1) is 32.5. The number of hydrogen-bond donors (Lipinski definition) is 1. The highest BCUT2D eigenvalue weighted by Crippen LogP contribution is 2.40. The number of aryl methyl sites for hydroxylation is 1. The molecule has 3 aliphatic rings. The number of fused-ring (bicyclic) bond motifs is 2. The van der Waals surface area contributed by atoms with Crippen LogP contribution >= 0.6 is 0 Å². The number of nitrogens with zero attached hydrogens (tertiary/aromatic N) is 5. The van der Waals surface area contributed by atoms with Crippen LogP contribution in [0.25, 0.3) is 0 Å². The number of ether oxygens (including phenoxy) is 2. The summed E-state index contributed by atoms with van der Waals surface area (Å²) in [6.45, 7) is 25.1. The molecule has 1 amide bonds. The van der Waals surface area contributed by atoms with Gasteiger partial charge in [0.05, 0.1) is 16.9 Å². The molecule has 5 heterocycles. The van der Waals surface area contributed by atoms with E-state index in [1.807, 2.05) is 31.9 Å². The van der Waals surface area contributed by atoms with Crippen LogP contribution in [0.2, 0.25) is 0 Å². The first-order chi connectivity index (χ1) is 20.9. The number of likely N-dealkylation sites (tertiary alicyclic amines) is 2. The van der Waals surface area contributed by atoms with E-state index in [1.165, 1.54) is 6.08 Å². The van der Waals surface area contributed by atoms with Gasteiger partial charge in [-0.15, -0.1) is 0 Å². The van der Waals surface area contributed by atoms with Crippen LogP contribution in [0.4, 0.5) is 17.2 Å². The quantitative estimate of drug-likeness (QED) is 0.325. The third-order valence-corrected chi connectivity index (χ3v) is 8.43. The maximum atomic E-state index is 11.8. The van der Waals surface area contributed by atoms with Crippen LogP contribution < -0.4 is 15.0 Å². The fraction of sp³-hybridized carbons (Fsp3) is 0.559. The van der Waals surface area contributed by atoms with Gasteiger partial charge in [-0.2, -0.15) is 0 Å². The fourth-order valence-electron chi connectivity index (χ4n) is 6.08. The van der Waals surface area contributed by atoms with Gasteiger partial charge in [0.2, 0.25) is 5.91 Å². The highest BCUT2D eigenvalue weighted by Gasteiger charge is 2.36. The maximum absolute atomic E-state index is 11.8. The Kier molecular flexibility index (Phi) is 12.0. The second-order valence-electron chi connectivity index (χ2n) is 11.3. The summed E-state index contributed by atoms with van der Waals surface area (Å²) < 4.78 is 11.2. The molecule has 3 aliphatic heterocycles. The van der Waals surface area contributed by atoms with Gasteiger partial charge in [0, 0.05) is 70.4 Å². The molecule has 235 valence electrons. The van der Waals surface area contributed by atoms with Crippen molar-refractivity contribution in [3.63, 3.8) is 0 Å². The van der Waals surface area contributed by atoms with E-state index in [4.69, 9.17) is 26.0 Å². The Balaban J connectivity index is 0.000000817. The van der Waals surface area contributed by atoms with E-state index in [2.05, 4.69) is 40.8 Å². The number of nitrogens with one attached hydrogen (secondary N) is 1. The lowest BCUT2D eigenvalue weighted by Crippen LogP contribution is -2.61. The molecule has 0 unspecified atom stereocenters. The predicted octanol–water partition coefficient (Wildman–Crippen LogP) is 5.88. The van der Waals surface area contributed by atoms with Crippen molar-refractivity contribution in [3.8, 4) is 5.75 Å². The standard InChI is InChI=1S/C30H39N6O2.C4H10O.H2/c1-5-8-14-35(13-6-2)27-9-12-31-30-24(27)20-38-29-21(4)32-25(17-26(29)33-30)22-10-15-34(16-11-22)23-18-36(19-23)28(37)7-3;1-3-5-4-2;/h1,5,7,9,12,17,22-23H,3,6,8,10-11,13-16,18-20H2,2,4H3,(H,31,33);3-4H2,1-2H3;1H. The van der Waals surface area contributed by atoms with E-state index in [1.54, 1.807) is 6.08 Å². The molecule has 1 radical (unpaired) electrons. The minimum absolute atomic E-state index is 0. The summed E-state index contributed by atoms with van der Waals surface area (Å²) in [6.07, 6.45) is 8.98. The number of pyridine rings is 2. The van der Waals surface area contributed by atoms with Gasteiger partial charge < -0.3 is 24.6 Å².